The van der Waals surface area contributed by atoms with Gasteiger partial charge in [0.2, 0.25) is 0 Å². The minimum atomic E-state index is 0.731. The number of hydrogen-bond donors (Lipinski definition) is 0. The van der Waals surface area contributed by atoms with Crippen molar-refractivity contribution in [1.82, 2.24) is 0 Å². The highest BCUT2D eigenvalue weighted by atomic mass is 14.0. The molecule has 0 heterocycles. The number of allylic oxidation sites excluding steroid dienone is 2. The van der Waals surface area contributed by atoms with Crippen LogP contribution >= 0.6 is 0 Å². The summed E-state index contributed by atoms with van der Waals surface area (Å²) in [4.78, 5) is 0. The van der Waals surface area contributed by atoms with Gasteiger partial charge in [-0.2, -0.15) is 0 Å². The molecule has 19 heavy (non-hydrogen) atoms. The Balaban J connectivity index is 2.05. The second-order valence-electron chi connectivity index (χ2n) is 5.65. The highest BCUT2D eigenvalue weighted by molar-refractivity contribution is 5.17. The lowest BCUT2D eigenvalue weighted by molar-refractivity contribution is 0.542. The van der Waals surface area contributed by atoms with Crippen LogP contribution in [0.2, 0.25) is 0 Å². The molecule has 0 spiro atoms. The van der Waals surface area contributed by atoms with Crippen molar-refractivity contribution in [1.29, 1.82) is 0 Å². The van der Waals surface area contributed by atoms with Crippen LogP contribution in [0.5, 0.6) is 0 Å². The molecule has 0 N–H and O–H groups in total. The Hall–Kier alpha value is -1.04. The molecule has 1 atom stereocenters. The molecule has 0 aliphatic heterocycles. The highest BCUT2D eigenvalue weighted by Crippen LogP contribution is 2.13. The Labute approximate surface area is 119 Å². The van der Waals surface area contributed by atoms with Gasteiger partial charge in [0.15, 0.2) is 0 Å². The molecule has 0 saturated heterocycles. The van der Waals surface area contributed by atoms with E-state index in [1.165, 1.54) is 50.5 Å². The van der Waals surface area contributed by atoms with Crippen LogP contribution in [0.25, 0.3) is 0 Å². The van der Waals surface area contributed by atoms with E-state index in [1.54, 1.807) is 0 Å². The lowest BCUT2D eigenvalue weighted by Crippen LogP contribution is -1.90. The molecule has 0 aliphatic carbocycles. The van der Waals surface area contributed by atoms with Crippen LogP contribution in [-0.2, 0) is 6.42 Å². The fourth-order valence-electron chi connectivity index (χ4n) is 2.39. The van der Waals surface area contributed by atoms with Crippen molar-refractivity contribution in [3.05, 3.63) is 48.0 Å². The molecule has 1 aromatic rings. The maximum atomic E-state index is 2.39. The summed E-state index contributed by atoms with van der Waals surface area (Å²) in [5.74, 6) is 0.731. The topological polar surface area (TPSA) is 0 Å². The van der Waals surface area contributed by atoms with Gasteiger partial charge in [0.05, 0.1) is 0 Å². The molecule has 0 bridgehead atoms. The first-order valence-electron chi connectivity index (χ1n) is 8.03. The number of rotatable bonds is 10. The maximum Gasteiger partial charge on any atom is -0.00974 e. The van der Waals surface area contributed by atoms with Crippen LogP contribution in [0.4, 0.5) is 0 Å². The van der Waals surface area contributed by atoms with E-state index in [0.717, 1.165) is 12.3 Å². The minimum absolute atomic E-state index is 0.731. The third-order valence-electron chi connectivity index (χ3n) is 3.67. The predicted octanol–water partition coefficient (Wildman–Crippen LogP) is 6.17. The van der Waals surface area contributed by atoms with Crippen LogP contribution in [0.1, 0.15) is 64.4 Å². The van der Waals surface area contributed by atoms with Crippen molar-refractivity contribution in [2.45, 2.75) is 65.2 Å². The molecule has 106 valence electrons. The summed E-state index contributed by atoms with van der Waals surface area (Å²) in [7, 11) is 0. The summed E-state index contributed by atoms with van der Waals surface area (Å²) in [6.07, 6.45) is 15.5. The van der Waals surface area contributed by atoms with E-state index >= 15 is 0 Å². The predicted molar refractivity (Wildman–Crippen MR) is 86.4 cm³/mol. The largest absolute Gasteiger partial charge is 0.0854 e. The molecule has 0 radical (unpaired) electrons. The Morgan fingerprint density at radius 2 is 1.63 bits per heavy atom. The Bertz CT molecular complexity index is 323. The summed E-state index contributed by atoms with van der Waals surface area (Å²) >= 11 is 0. The van der Waals surface area contributed by atoms with Gasteiger partial charge in [0.25, 0.3) is 0 Å². The Kier molecular flexibility index (Phi) is 9.14. The van der Waals surface area contributed by atoms with Gasteiger partial charge < -0.3 is 0 Å². The first kappa shape index (κ1) is 16.0. The van der Waals surface area contributed by atoms with Crippen molar-refractivity contribution in [3.63, 3.8) is 0 Å². The quantitative estimate of drug-likeness (QED) is 0.347. The van der Waals surface area contributed by atoms with Crippen LogP contribution in [0.3, 0.4) is 0 Å². The maximum absolute atomic E-state index is 2.39. The summed E-state index contributed by atoms with van der Waals surface area (Å²) in [5, 5.41) is 0. The highest BCUT2D eigenvalue weighted by Gasteiger charge is 1.97. The zero-order chi connectivity index (χ0) is 13.8. The average molecular weight is 258 g/mol. The summed E-state index contributed by atoms with van der Waals surface area (Å²) in [6, 6.07) is 10.7. The molecule has 0 aromatic heterocycles. The van der Waals surface area contributed by atoms with Crippen molar-refractivity contribution in [3.8, 4) is 0 Å². The monoisotopic (exact) mass is 258 g/mol. The van der Waals surface area contributed by atoms with Gasteiger partial charge in [-0.15, -0.1) is 0 Å². The van der Waals surface area contributed by atoms with E-state index in [2.05, 4.69) is 56.3 Å². The molecule has 0 aliphatic rings. The molecule has 1 aromatic carbocycles. The van der Waals surface area contributed by atoms with E-state index in [4.69, 9.17) is 0 Å². The summed E-state index contributed by atoms with van der Waals surface area (Å²) < 4.78 is 0. The van der Waals surface area contributed by atoms with Crippen LogP contribution in [0, 0.1) is 5.92 Å². The normalized spacial score (nSPS) is 12.9. The van der Waals surface area contributed by atoms with Crippen molar-refractivity contribution in [2.24, 2.45) is 5.92 Å². The van der Waals surface area contributed by atoms with E-state index in [0.29, 0.717) is 0 Å². The lowest BCUT2D eigenvalue weighted by atomic mass is 10.0. The van der Waals surface area contributed by atoms with Gasteiger partial charge in [-0.05, 0) is 24.3 Å². The van der Waals surface area contributed by atoms with Gasteiger partial charge in [-0.3, -0.25) is 0 Å². The second kappa shape index (κ2) is 10.8. The van der Waals surface area contributed by atoms with E-state index in [1.807, 2.05) is 0 Å². The average Bonchev–Trinajstić information content (AvgIpc) is 2.44. The Morgan fingerprint density at radius 3 is 2.37 bits per heavy atom. The first-order valence-corrected chi connectivity index (χ1v) is 8.03. The summed E-state index contributed by atoms with van der Waals surface area (Å²) in [6.45, 7) is 4.62. The fourth-order valence-corrected chi connectivity index (χ4v) is 2.39. The molecule has 0 amide bonds. The van der Waals surface area contributed by atoms with Crippen molar-refractivity contribution < 1.29 is 0 Å². The molecule has 1 rings (SSSR count). The molecule has 0 nitrogen and oxygen atoms in total. The smallest absolute Gasteiger partial charge is 0.00974 e. The second-order valence-corrected chi connectivity index (χ2v) is 5.65. The van der Waals surface area contributed by atoms with Crippen LogP contribution in [-0.4, -0.2) is 0 Å². The molecule has 0 fully saturated rings. The minimum Gasteiger partial charge on any atom is -0.0854 e. The lowest BCUT2D eigenvalue weighted by Gasteiger charge is -2.06. The first-order chi connectivity index (χ1) is 9.33. The zero-order valence-electron chi connectivity index (χ0n) is 12.8. The zero-order valence-corrected chi connectivity index (χ0v) is 12.8. The fraction of sp³-hybridized carbons (Fsp3) is 0.579. The third-order valence-corrected chi connectivity index (χ3v) is 3.67. The van der Waals surface area contributed by atoms with Gasteiger partial charge in [-0.1, -0.05) is 94.9 Å². The van der Waals surface area contributed by atoms with E-state index in [9.17, 15) is 0 Å². The molecule has 0 saturated carbocycles. The van der Waals surface area contributed by atoms with Crippen LogP contribution < -0.4 is 0 Å². The Morgan fingerprint density at radius 1 is 0.947 bits per heavy atom. The summed E-state index contributed by atoms with van der Waals surface area (Å²) in [5.41, 5.74) is 1.41. The SMILES string of the molecule is CCCCCCCCC(C)C=CCc1ccccc1. The van der Waals surface area contributed by atoms with E-state index in [-0.39, 0.29) is 0 Å². The van der Waals surface area contributed by atoms with Crippen molar-refractivity contribution >= 4 is 0 Å². The van der Waals surface area contributed by atoms with E-state index < -0.39 is 0 Å². The molecular weight excluding hydrogens is 228 g/mol. The van der Waals surface area contributed by atoms with Gasteiger partial charge in [0, 0.05) is 0 Å². The standard InChI is InChI=1S/C19H30/c1-3-4-5-6-7-9-13-18(2)14-12-17-19-15-10-8-11-16-19/h8,10-12,14-16,18H,3-7,9,13,17H2,1-2H3. The van der Waals surface area contributed by atoms with Crippen molar-refractivity contribution in [2.75, 3.05) is 0 Å². The van der Waals surface area contributed by atoms with Gasteiger partial charge in [-0.25, -0.2) is 0 Å². The van der Waals surface area contributed by atoms with Crippen LogP contribution in [0.15, 0.2) is 42.5 Å². The molecule has 1 unspecified atom stereocenters. The number of hydrogen-bond acceptors (Lipinski definition) is 0. The number of unbranched alkanes of at least 4 members (excludes halogenated alkanes) is 5. The van der Waals surface area contributed by atoms with Gasteiger partial charge >= 0.3 is 0 Å². The van der Waals surface area contributed by atoms with Gasteiger partial charge in [0.1, 0.15) is 0 Å². The number of benzene rings is 1. The molecular formula is C19H30. The third kappa shape index (κ3) is 8.64. The molecule has 0 heteroatoms.